The molecule has 0 amide bonds. The van der Waals surface area contributed by atoms with Gasteiger partial charge in [-0.25, -0.2) is 9.18 Å². The van der Waals surface area contributed by atoms with E-state index in [1.807, 2.05) is 6.07 Å². The number of halogens is 1. The molecule has 4 heteroatoms. The van der Waals surface area contributed by atoms with Crippen molar-refractivity contribution in [2.75, 3.05) is 6.61 Å². The highest BCUT2D eigenvalue weighted by atomic mass is 19.1. The summed E-state index contributed by atoms with van der Waals surface area (Å²) in [4.78, 5) is 12.8. The van der Waals surface area contributed by atoms with Crippen LogP contribution in [0.15, 0.2) is 97.3 Å². The summed E-state index contributed by atoms with van der Waals surface area (Å²) >= 11 is 0. The number of esters is 1. The minimum absolute atomic E-state index is 0.190. The summed E-state index contributed by atoms with van der Waals surface area (Å²) < 4.78 is 21.3. The van der Waals surface area contributed by atoms with Crippen molar-refractivity contribution in [3.63, 3.8) is 0 Å². The normalized spacial score (nSPS) is 11.8. The number of hydrogen-bond donors (Lipinski definition) is 1. The lowest BCUT2D eigenvalue weighted by molar-refractivity contribution is -0.154. The Morgan fingerprint density at radius 3 is 1.74 bits per heavy atom. The number of benzene rings is 3. The monoisotopic (exact) mass is 362 g/mol. The third kappa shape index (κ3) is 3.90. The quantitative estimate of drug-likeness (QED) is 0.493. The van der Waals surface area contributed by atoms with E-state index in [2.05, 4.69) is 0 Å². The Labute approximate surface area is 157 Å². The van der Waals surface area contributed by atoms with Gasteiger partial charge in [0.1, 0.15) is 6.61 Å². The predicted octanol–water partition coefficient (Wildman–Crippen LogP) is 5.04. The third-order valence-electron chi connectivity index (χ3n) is 4.28. The minimum Gasteiger partial charge on any atom is -0.515 e. The average Bonchev–Trinajstić information content (AvgIpc) is 2.75. The van der Waals surface area contributed by atoms with Crippen molar-refractivity contribution in [2.45, 2.75) is 5.67 Å². The van der Waals surface area contributed by atoms with Gasteiger partial charge in [0, 0.05) is 16.7 Å². The molecular formula is C23H19FO3. The smallest absolute Gasteiger partial charge is 0.353 e. The first kappa shape index (κ1) is 18.4. The fraction of sp³-hybridized carbons (Fsp3) is 0.0870. The van der Waals surface area contributed by atoms with Crippen molar-refractivity contribution in [1.29, 1.82) is 0 Å². The predicted molar refractivity (Wildman–Crippen MR) is 103 cm³/mol. The Kier molecular flexibility index (Phi) is 5.67. The first-order valence-corrected chi connectivity index (χ1v) is 8.52. The second kappa shape index (κ2) is 8.32. The molecule has 3 rings (SSSR count). The molecule has 0 spiro atoms. The van der Waals surface area contributed by atoms with Crippen molar-refractivity contribution in [3.8, 4) is 0 Å². The van der Waals surface area contributed by atoms with Gasteiger partial charge in [0.2, 0.25) is 0 Å². The van der Waals surface area contributed by atoms with Gasteiger partial charge in [-0.1, -0.05) is 91.0 Å². The molecule has 136 valence electrons. The number of carbonyl (C=O) groups excluding carboxylic acids is 1. The number of aliphatic hydroxyl groups excluding tert-OH is 1. The molecule has 3 nitrogen and oxygen atoms in total. The maximum atomic E-state index is 16.1. The second-order valence-corrected chi connectivity index (χ2v) is 5.99. The summed E-state index contributed by atoms with van der Waals surface area (Å²) in [6.07, 6.45) is 0.869. The first-order chi connectivity index (χ1) is 13.2. The van der Waals surface area contributed by atoms with Crippen LogP contribution in [-0.4, -0.2) is 17.7 Å². The van der Waals surface area contributed by atoms with E-state index in [9.17, 15) is 9.90 Å². The largest absolute Gasteiger partial charge is 0.515 e. The molecule has 0 aromatic heterocycles. The lowest BCUT2D eigenvalue weighted by atomic mass is 9.88. The zero-order valence-corrected chi connectivity index (χ0v) is 14.6. The van der Waals surface area contributed by atoms with Crippen LogP contribution in [0.1, 0.15) is 16.7 Å². The van der Waals surface area contributed by atoms with Crippen molar-refractivity contribution < 1.29 is 19.0 Å². The zero-order valence-electron chi connectivity index (χ0n) is 14.6. The molecule has 0 unspecified atom stereocenters. The molecule has 0 saturated heterocycles. The number of rotatable bonds is 6. The molecule has 3 aromatic rings. The van der Waals surface area contributed by atoms with Crippen LogP contribution in [0.4, 0.5) is 4.39 Å². The minimum atomic E-state index is -2.44. The molecule has 0 radical (unpaired) electrons. The Hall–Kier alpha value is -3.40. The molecule has 0 saturated carbocycles. The molecule has 0 fully saturated rings. The van der Waals surface area contributed by atoms with Crippen LogP contribution in [0.3, 0.4) is 0 Å². The standard InChI is InChI=1S/C23H19FO3/c24-23(20-12-6-2-7-13-20,21-14-8-3-9-15-21)22(26)27-17-19(16-25)18-10-4-1-5-11-18/h1-16,25H,17H2/b19-16-. The molecule has 0 aliphatic carbocycles. The van der Waals surface area contributed by atoms with Crippen LogP contribution >= 0.6 is 0 Å². The molecule has 0 bridgehead atoms. The second-order valence-electron chi connectivity index (χ2n) is 5.99. The summed E-state index contributed by atoms with van der Waals surface area (Å²) in [6, 6.07) is 25.4. The summed E-state index contributed by atoms with van der Waals surface area (Å²) in [7, 11) is 0. The van der Waals surface area contributed by atoms with Crippen LogP contribution in [0.25, 0.3) is 5.57 Å². The maximum absolute atomic E-state index is 16.1. The van der Waals surface area contributed by atoms with E-state index in [1.54, 1.807) is 84.9 Å². The fourth-order valence-corrected chi connectivity index (χ4v) is 2.83. The summed E-state index contributed by atoms with van der Waals surface area (Å²) in [5.74, 6) is -1.03. The number of aliphatic hydroxyl groups is 1. The fourth-order valence-electron chi connectivity index (χ4n) is 2.83. The lowest BCUT2D eigenvalue weighted by Gasteiger charge is -2.24. The maximum Gasteiger partial charge on any atom is 0.353 e. The van der Waals surface area contributed by atoms with Crippen LogP contribution in [0.5, 0.6) is 0 Å². The highest BCUT2D eigenvalue weighted by molar-refractivity contribution is 5.86. The van der Waals surface area contributed by atoms with Crippen LogP contribution < -0.4 is 0 Å². The topological polar surface area (TPSA) is 46.5 Å². The summed E-state index contributed by atoms with van der Waals surface area (Å²) in [5.41, 5.74) is -0.991. The number of ether oxygens (including phenoxy) is 1. The lowest BCUT2D eigenvalue weighted by Crippen LogP contribution is -2.34. The Bertz CT molecular complexity index is 867. The van der Waals surface area contributed by atoms with Crippen molar-refractivity contribution in [1.82, 2.24) is 0 Å². The van der Waals surface area contributed by atoms with Gasteiger partial charge < -0.3 is 9.84 Å². The Morgan fingerprint density at radius 2 is 1.30 bits per heavy atom. The molecule has 0 atom stereocenters. The van der Waals surface area contributed by atoms with E-state index >= 15 is 4.39 Å². The van der Waals surface area contributed by atoms with Gasteiger partial charge >= 0.3 is 5.97 Å². The number of carbonyl (C=O) groups is 1. The molecule has 0 heterocycles. The van der Waals surface area contributed by atoms with Gasteiger partial charge in [0.05, 0.1) is 6.26 Å². The van der Waals surface area contributed by atoms with Gasteiger partial charge in [0.15, 0.2) is 0 Å². The Balaban J connectivity index is 1.88. The third-order valence-corrected chi connectivity index (χ3v) is 4.28. The van der Waals surface area contributed by atoms with Gasteiger partial charge in [-0.05, 0) is 5.56 Å². The van der Waals surface area contributed by atoms with Crippen LogP contribution in [-0.2, 0) is 15.2 Å². The molecular weight excluding hydrogens is 343 g/mol. The van der Waals surface area contributed by atoms with Crippen LogP contribution in [0, 0.1) is 0 Å². The van der Waals surface area contributed by atoms with Crippen molar-refractivity contribution in [2.24, 2.45) is 0 Å². The zero-order chi connectivity index (χ0) is 19.1. The van der Waals surface area contributed by atoms with Gasteiger partial charge in [0.25, 0.3) is 5.67 Å². The highest BCUT2D eigenvalue weighted by Gasteiger charge is 2.44. The Morgan fingerprint density at radius 1 is 0.852 bits per heavy atom. The van der Waals surface area contributed by atoms with Gasteiger partial charge in [-0.15, -0.1) is 0 Å². The van der Waals surface area contributed by atoms with E-state index in [-0.39, 0.29) is 17.7 Å². The van der Waals surface area contributed by atoms with E-state index in [0.29, 0.717) is 11.1 Å². The van der Waals surface area contributed by atoms with Gasteiger partial charge in [-0.3, -0.25) is 0 Å². The van der Waals surface area contributed by atoms with E-state index in [1.165, 1.54) is 0 Å². The van der Waals surface area contributed by atoms with Crippen LogP contribution in [0.2, 0.25) is 0 Å². The molecule has 0 aliphatic rings. The van der Waals surface area contributed by atoms with E-state index < -0.39 is 11.6 Å². The first-order valence-electron chi connectivity index (χ1n) is 8.52. The highest BCUT2D eigenvalue weighted by Crippen LogP contribution is 2.35. The number of hydrogen-bond acceptors (Lipinski definition) is 3. The average molecular weight is 362 g/mol. The summed E-state index contributed by atoms with van der Waals surface area (Å²) in [6.45, 7) is -0.245. The molecule has 0 aliphatic heterocycles. The SMILES string of the molecule is O=C(OC/C(=C/O)c1ccccc1)C(F)(c1ccccc1)c1ccccc1. The molecule has 1 N–H and O–H groups in total. The number of alkyl halides is 1. The van der Waals surface area contributed by atoms with Gasteiger partial charge in [-0.2, -0.15) is 0 Å². The van der Waals surface area contributed by atoms with E-state index in [4.69, 9.17) is 4.74 Å². The van der Waals surface area contributed by atoms with Crippen molar-refractivity contribution >= 4 is 11.5 Å². The summed E-state index contributed by atoms with van der Waals surface area (Å²) in [5, 5.41) is 9.48. The molecule has 3 aromatic carbocycles. The molecule has 27 heavy (non-hydrogen) atoms. The van der Waals surface area contributed by atoms with E-state index in [0.717, 1.165) is 6.26 Å². The van der Waals surface area contributed by atoms with Crippen molar-refractivity contribution in [3.05, 3.63) is 114 Å².